The predicted molar refractivity (Wildman–Crippen MR) is 82.4 cm³/mol. The lowest BCUT2D eigenvalue weighted by atomic mass is 10.1. The fourth-order valence-electron chi connectivity index (χ4n) is 1.81. The van der Waals surface area contributed by atoms with Gasteiger partial charge in [-0.25, -0.2) is 0 Å². The summed E-state index contributed by atoms with van der Waals surface area (Å²) in [5.74, 6) is 0. The number of hydrogen-bond donors (Lipinski definition) is 1. The van der Waals surface area contributed by atoms with E-state index in [0.29, 0.717) is 0 Å². The van der Waals surface area contributed by atoms with Crippen molar-refractivity contribution >= 4 is 28.3 Å². The summed E-state index contributed by atoms with van der Waals surface area (Å²) in [6.45, 7) is 5.14. The molecule has 17 heavy (non-hydrogen) atoms. The summed E-state index contributed by atoms with van der Waals surface area (Å²) in [6.07, 6.45) is 0. The molecule has 88 valence electrons. The van der Waals surface area contributed by atoms with Crippen molar-refractivity contribution in [2.75, 3.05) is 5.32 Å². The summed E-state index contributed by atoms with van der Waals surface area (Å²) in [6, 6.07) is 15.1. The molecule has 0 bridgehead atoms. The molecule has 0 radical (unpaired) electrons. The molecule has 0 amide bonds. The average molecular weight is 337 g/mol. The van der Waals surface area contributed by atoms with E-state index in [1.807, 2.05) is 0 Å². The van der Waals surface area contributed by atoms with Gasteiger partial charge in [0.05, 0.1) is 0 Å². The highest BCUT2D eigenvalue weighted by molar-refractivity contribution is 14.1. The molecule has 1 nitrogen and oxygen atoms in total. The summed E-state index contributed by atoms with van der Waals surface area (Å²) < 4.78 is 1.28. The van der Waals surface area contributed by atoms with Crippen molar-refractivity contribution in [1.29, 1.82) is 0 Å². The second-order valence-corrected chi connectivity index (χ2v) is 5.54. The Balaban J connectivity index is 2.04. The minimum Gasteiger partial charge on any atom is -0.381 e. The highest BCUT2D eigenvalue weighted by Crippen LogP contribution is 2.17. The number of hydrogen-bond acceptors (Lipinski definition) is 1. The van der Waals surface area contributed by atoms with Crippen LogP contribution in [0.1, 0.15) is 16.7 Å². The number of aryl methyl sites for hydroxylation is 2. The maximum absolute atomic E-state index is 3.47. The normalized spacial score (nSPS) is 10.3. The Kier molecular flexibility index (Phi) is 4.05. The summed E-state index contributed by atoms with van der Waals surface area (Å²) >= 11 is 2.32. The lowest BCUT2D eigenvalue weighted by molar-refractivity contribution is 1.14. The number of benzene rings is 2. The number of halogens is 1. The van der Waals surface area contributed by atoms with E-state index in [1.54, 1.807) is 0 Å². The van der Waals surface area contributed by atoms with Gasteiger partial charge in [0.2, 0.25) is 0 Å². The Labute approximate surface area is 116 Å². The number of anilines is 1. The first-order valence-electron chi connectivity index (χ1n) is 5.71. The van der Waals surface area contributed by atoms with Crippen LogP contribution in [0.4, 0.5) is 5.69 Å². The second kappa shape index (κ2) is 5.54. The van der Waals surface area contributed by atoms with Crippen molar-refractivity contribution in [2.24, 2.45) is 0 Å². The van der Waals surface area contributed by atoms with Crippen LogP contribution in [0.5, 0.6) is 0 Å². The molecule has 0 heterocycles. The molecule has 1 N–H and O–H groups in total. The molecule has 0 aliphatic carbocycles. The van der Waals surface area contributed by atoms with Gasteiger partial charge in [-0.3, -0.25) is 0 Å². The Morgan fingerprint density at radius 1 is 1.00 bits per heavy atom. The number of rotatable bonds is 3. The van der Waals surface area contributed by atoms with E-state index in [4.69, 9.17) is 0 Å². The SMILES string of the molecule is Cc1ccc(NCc2ccc(I)cc2)c(C)c1. The molecule has 0 saturated carbocycles. The van der Waals surface area contributed by atoms with Crippen LogP contribution in [0.15, 0.2) is 42.5 Å². The molecule has 2 rings (SSSR count). The minimum absolute atomic E-state index is 0.876. The first-order valence-corrected chi connectivity index (χ1v) is 6.78. The van der Waals surface area contributed by atoms with Gasteiger partial charge in [-0.1, -0.05) is 29.8 Å². The van der Waals surface area contributed by atoms with E-state index >= 15 is 0 Å². The van der Waals surface area contributed by atoms with E-state index in [9.17, 15) is 0 Å². The largest absolute Gasteiger partial charge is 0.381 e. The molecular weight excluding hydrogens is 321 g/mol. The van der Waals surface area contributed by atoms with Gasteiger partial charge in [0.25, 0.3) is 0 Å². The Morgan fingerprint density at radius 3 is 2.35 bits per heavy atom. The zero-order valence-corrected chi connectivity index (χ0v) is 12.3. The quantitative estimate of drug-likeness (QED) is 0.812. The van der Waals surface area contributed by atoms with Crippen LogP contribution >= 0.6 is 22.6 Å². The van der Waals surface area contributed by atoms with Gasteiger partial charge in [0.1, 0.15) is 0 Å². The molecule has 0 unspecified atom stereocenters. The van der Waals surface area contributed by atoms with Crippen LogP contribution < -0.4 is 5.32 Å². The fraction of sp³-hybridized carbons (Fsp3) is 0.200. The van der Waals surface area contributed by atoms with E-state index in [2.05, 4.69) is 84.2 Å². The van der Waals surface area contributed by atoms with Gasteiger partial charge in [-0.15, -0.1) is 0 Å². The van der Waals surface area contributed by atoms with E-state index < -0.39 is 0 Å². The molecule has 2 aromatic rings. The van der Waals surface area contributed by atoms with Gasteiger partial charge in [0, 0.05) is 15.8 Å². The lowest BCUT2D eigenvalue weighted by Crippen LogP contribution is -2.01. The lowest BCUT2D eigenvalue weighted by Gasteiger charge is -2.10. The predicted octanol–water partition coefficient (Wildman–Crippen LogP) is 4.52. The molecule has 0 saturated heterocycles. The first kappa shape index (κ1) is 12.4. The first-order chi connectivity index (χ1) is 8.15. The molecule has 2 heteroatoms. The van der Waals surface area contributed by atoms with Crippen LogP contribution in [0.25, 0.3) is 0 Å². The summed E-state index contributed by atoms with van der Waals surface area (Å²) in [5.41, 5.74) is 5.14. The van der Waals surface area contributed by atoms with Crippen molar-refractivity contribution in [3.63, 3.8) is 0 Å². The molecule has 0 atom stereocenters. The third-order valence-corrected chi connectivity index (χ3v) is 3.50. The Hall–Kier alpha value is -1.03. The van der Waals surface area contributed by atoms with Crippen LogP contribution in [0.2, 0.25) is 0 Å². The molecule has 0 aliphatic heterocycles. The van der Waals surface area contributed by atoms with Crippen LogP contribution in [0, 0.1) is 17.4 Å². The highest BCUT2D eigenvalue weighted by Gasteiger charge is 1.98. The number of nitrogens with one attached hydrogen (secondary N) is 1. The molecular formula is C15H16IN. The minimum atomic E-state index is 0.876. The van der Waals surface area contributed by atoms with Gasteiger partial charge in [-0.2, -0.15) is 0 Å². The monoisotopic (exact) mass is 337 g/mol. The van der Waals surface area contributed by atoms with Gasteiger partial charge < -0.3 is 5.32 Å². The van der Waals surface area contributed by atoms with E-state index in [1.165, 1.54) is 25.9 Å². The molecule has 0 aromatic heterocycles. The summed E-state index contributed by atoms with van der Waals surface area (Å²) in [4.78, 5) is 0. The third kappa shape index (κ3) is 3.46. The van der Waals surface area contributed by atoms with Crippen molar-refractivity contribution in [3.05, 3.63) is 62.7 Å². The van der Waals surface area contributed by atoms with E-state index in [0.717, 1.165) is 6.54 Å². The standard InChI is InChI=1S/C15H16IN/c1-11-3-8-15(12(2)9-11)17-10-13-4-6-14(16)7-5-13/h3-9,17H,10H2,1-2H3. The highest BCUT2D eigenvalue weighted by atomic mass is 127. The van der Waals surface area contributed by atoms with Crippen LogP contribution in [-0.2, 0) is 6.54 Å². The molecule has 2 aromatic carbocycles. The zero-order chi connectivity index (χ0) is 12.3. The molecule has 0 fully saturated rings. The maximum atomic E-state index is 3.47. The van der Waals surface area contributed by atoms with Gasteiger partial charge in [-0.05, 0) is 65.8 Å². The fourth-order valence-corrected chi connectivity index (χ4v) is 2.17. The second-order valence-electron chi connectivity index (χ2n) is 4.30. The topological polar surface area (TPSA) is 12.0 Å². The van der Waals surface area contributed by atoms with Crippen molar-refractivity contribution in [2.45, 2.75) is 20.4 Å². The van der Waals surface area contributed by atoms with Crippen molar-refractivity contribution in [1.82, 2.24) is 0 Å². The Morgan fingerprint density at radius 2 is 1.71 bits per heavy atom. The average Bonchev–Trinajstić information content (AvgIpc) is 2.30. The third-order valence-electron chi connectivity index (χ3n) is 2.78. The van der Waals surface area contributed by atoms with Crippen molar-refractivity contribution in [3.8, 4) is 0 Å². The van der Waals surface area contributed by atoms with Crippen molar-refractivity contribution < 1.29 is 0 Å². The smallest absolute Gasteiger partial charge is 0.0400 e. The maximum Gasteiger partial charge on any atom is 0.0400 e. The zero-order valence-electron chi connectivity index (χ0n) is 10.1. The summed E-state index contributed by atoms with van der Waals surface area (Å²) in [5, 5.41) is 3.47. The summed E-state index contributed by atoms with van der Waals surface area (Å²) in [7, 11) is 0. The van der Waals surface area contributed by atoms with Crippen LogP contribution in [0.3, 0.4) is 0 Å². The van der Waals surface area contributed by atoms with Gasteiger partial charge >= 0.3 is 0 Å². The molecule has 0 aliphatic rings. The van der Waals surface area contributed by atoms with Crippen LogP contribution in [-0.4, -0.2) is 0 Å². The van der Waals surface area contributed by atoms with E-state index in [-0.39, 0.29) is 0 Å². The molecule has 0 spiro atoms. The Bertz CT molecular complexity index is 503. The van der Waals surface area contributed by atoms with Gasteiger partial charge in [0.15, 0.2) is 0 Å².